The first-order valence-corrected chi connectivity index (χ1v) is 7.86. The van der Waals surface area contributed by atoms with Crippen LogP contribution >= 0.6 is 11.3 Å². The Bertz CT molecular complexity index is 627. The molecular formula is C16H17NO3S. The molecule has 0 spiro atoms. The molecule has 0 amide bonds. The maximum Gasteiger partial charge on any atom is 0.337 e. The first-order chi connectivity index (χ1) is 10.3. The van der Waals surface area contributed by atoms with E-state index in [0.29, 0.717) is 17.9 Å². The molecule has 1 aromatic heterocycles. The second-order valence-corrected chi connectivity index (χ2v) is 6.16. The number of rotatable bonds is 4. The van der Waals surface area contributed by atoms with Gasteiger partial charge in [0.2, 0.25) is 0 Å². The lowest BCUT2D eigenvalue weighted by Gasteiger charge is -2.06. The van der Waals surface area contributed by atoms with Crippen LogP contribution in [0.15, 0.2) is 24.3 Å². The van der Waals surface area contributed by atoms with E-state index < -0.39 is 0 Å². The maximum atomic E-state index is 11.5. The van der Waals surface area contributed by atoms with Crippen molar-refractivity contribution in [3.8, 4) is 5.75 Å². The second kappa shape index (κ2) is 6.26. The molecule has 1 aliphatic carbocycles. The molecule has 0 fully saturated rings. The molecule has 0 N–H and O–H groups in total. The fourth-order valence-electron chi connectivity index (χ4n) is 2.44. The predicted molar refractivity (Wildman–Crippen MR) is 80.9 cm³/mol. The summed E-state index contributed by atoms with van der Waals surface area (Å²) < 4.78 is 10.4. The highest BCUT2D eigenvalue weighted by Gasteiger charge is 2.15. The topological polar surface area (TPSA) is 48.4 Å². The van der Waals surface area contributed by atoms with Crippen molar-refractivity contribution < 1.29 is 14.3 Å². The Morgan fingerprint density at radius 1 is 1.33 bits per heavy atom. The Labute approximate surface area is 127 Å². The van der Waals surface area contributed by atoms with Crippen LogP contribution in [0.5, 0.6) is 5.75 Å². The summed E-state index contributed by atoms with van der Waals surface area (Å²) in [7, 11) is 1.37. The van der Waals surface area contributed by atoms with Crippen molar-refractivity contribution in [2.45, 2.75) is 32.3 Å². The maximum absolute atomic E-state index is 11.5. The van der Waals surface area contributed by atoms with Crippen LogP contribution in [-0.2, 0) is 24.2 Å². The van der Waals surface area contributed by atoms with E-state index in [1.165, 1.54) is 30.5 Å². The quantitative estimate of drug-likeness (QED) is 0.812. The predicted octanol–water partition coefficient (Wildman–Crippen LogP) is 3.39. The van der Waals surface area contributed by atoms with Crippen molar-refractivity contribution in [1.82, 2.24) is 4.98 Å². The number of aromatic nitrogens is 1. The SMILES string of the molecule is COC(=O)c1cccc(OCc2nc3c(s2)CCCC3)c1. The summed E-state index contributed by atoms with van der Waals surface area (Å²) in [4.78, 5) is 17.5. The summed E-state index contributed by atoms with van der Waals surface area (Å²) in [5.41, 5.74) is 1.74. The van der Waals surface area contributed by atoms with Gasteiger partial charge in [-0.2, -0.15) is 0 Å². The number of methoxy groups -OCH3 is 1. The Morgan fingerprint density at radius 2 is 2.19 bits per heavy atom. The molecule has 0 radical (unpaired) electrons. The minimum atomic E-state index is -0.356. The van der Waals surface area contributed by atoms with E-state index in [1.54, 1.807) is 29.5 Å². The Balaban J connectivity index is 1.67. The number of nitrogens with zero attached hydrogens (tertiary/aromatic N) is 1. The third-order valence-corrected chi connectivity index (χ3v) is 4.64. The average molecular weight is 303 g/mol. The Kier molecular flexibility index (Phi) is 4.20. The lowest BCUT2D eigenvalue weighted by molar-refractivity contribution is 0.0600. The molecule has 110 valence electrons. The van der Waals surface area contributed by atoms with Gasteiger partial charge in [-0.25, -0.2) is 9.78 Å². The zero-order chi connectivity index (χ0) is 14.7. The number of fused-ring (bicyclic) bond motifs is 1. The zero-order valence-electron chi connectivity index (χ0n) is 11.9. The fourth-order valence-corrected chi connectivity index (χ4v) is 3.51. The van der Waals surface area contributed by atoms with Crippen LogP contribution in [0.25, 0.3) is 0 Å². The van der Waals surface area contributed by atoms with Crippen molar-refractivity contribution >= 4 is 17.3 Å². The molecule has 0 bridgehead atoms. The third-order valence-electron chi connectivity index (χ3n) is 3.51. The standard InChI is InChI=1S/C16H17NO3S/c1-19-16(18)11-5-4-6-12(9-11)20-10-15-17-13-7-2-3-8-14(13)21-15/h4-6,9H,2-3,7-8,10H2,1H3. The number of hydrogen-bond donors (Lipinski definition) is 0. The molecular weight excluding hydrogens is 286 g/mol. The number of carbonyl (C=O) groups excluding carboxylic acids is 1. The van der Waals surface area contributed by atoms with Gasteiger partial charge in [0.05, 0.1) is 18.4 Å². The molecule has 1 aliphatic rings. The van der Waals surface area contributed by atoms with Crippen molar-refractivity contribution in [2.24, 2.45) is 0 Å². The van der Waals surface area contributed by atoms with Gasteiger partial charge in [0.1, 0.15) is 17.4 Å². The summed E-state index contributed by atoms with van der Waals surface area (Å²) in [6, 6.07) is 7.02. The molecule has 2 aromatic rings. The van der Waals surface area contributed by atoms with Crippen molar-refractivity contribution in [1.29, 1.82) is 0 Å². The monoisotopic (exact) mass is 303 g/mol. The fraction of sp³-hybridized carbons (Fsp3) is 0.375. The van der Waals surface area contributed by atoms with Gasteiger partial charge in [0.15, 0.2) is 0 Å². The highest BCUT2D eigenvalue weighted by atomic mass is 32.1. The van der Waals surface area contributed by atoms with Crippen molar-refractivity contribution in [2.75, 3.05) is 7.11 Å². The molecule has 0 unspecified atom stereocenters. The summed E-state index contributed by atoms with van der Waals surface area (Å²) in [6.45, 7) is 0.447. The molecule has 5 heteroatoms. The molecule has 1 aromatic carbocycles. The highest BCUT2D eigenvalue weighted by molar-refractivity contribution is 7.11. The first-order valence-electron chi connectivity index (χ1n) is 7.05. The average Bonchev–Trinajstić information content (AvgIpc) is 2.95. The van der Waals surface area contributed by atoms with Crippen molar-refractivity contribution in [3.05, 3.63) is 45.4 Å². The number of thiazole rings is 1. The second-order valence-electron chi connectivity index (χ2n) is 4.99. The number of aryl methyl sites for hydroxylation is 2. The van der Waals surface area contributed by atoms with Gasteiger partial charge in [-0.1, -0.05) is 6.07 Å². The van der Waals surface area contributed by atoms with E-state index in [1.807, 2.05) is 6.07 Å². The van der Waals surface area contributed by atoms with Crippen LogP contribution in [0.2, 0.25) is 0 Å². The number of esters is 1. The first kappa shape index (κ1) is 14.1. The smallest absolute Gasteiger partial charge is 0.337 e. The number of hydrogen-bond acceptors (Lipinski definition) is 5. The molecule has 3 rings (SSSR count). The van der Waals surface area contributed by atoms with Crippen LogP contribution in [-0.4, -0.2) is 18.1 Å². The lowest BCUT2D eigenvalue weighted by atomic mass is 10.0. The number of carbonyl (C=O) groups is 1. The minimum absolute atomic E-state index is 0.356. The van der Waals surface area contributed by atoms with E-state index in [0.717, 1.165) is 17.8 Å². The molecule has 1 heterocycles. The van der Waals surface area contributed by atoms with Crippen LogP contribution in [0.3, 0.4) is 0 Å². The van der Waals surface area contributed by atoms with Crippen LogP contribution in [0.1, 0.15) is 38.8 Å². The van der Waals surface area contributed by atoms with Crippen LogP contribution in [0, 0.1) is 0 Å². The van der Waals surface area contributed by atoms with E-state index in [2.05, 4.69) is 4.98 Å². The normalized spacial score (nSPS) is 13.6. The molecule has 4 nitrogen and oxygen atoms in total. The zero-order valence-corrected chi connectivity index (χ0v) is 12.7. The minimum Gasteiger partial charge on any atom is -0.486 e. The van der Waals surface area contributed by atoms with Gasteiger partial charge in [0, 0.05) is 4.88 Å². The Morgan fingerprint density at radius 3 is 3.00 bits per heavy atom. The van der Waals surface area contributed by atoms with Gasteiger partial charge in [0.25, 0.3) is 0 Å². The van der Waals surface area contributed by atoms with Gasteiger partial charge in [-0.05, 0) is 43.9 Å². The van der Waals surface area contributed by atoms with Crippen LogP contribution < -0.4 is 4.74 Å². The summed E-state index contributed by atoms with van der Waals surface area (Å²) >= 11 is 1.74. The summed E-state index contributed by atoms with van der Waals surface area (Å²) in [5.74, 6) is 0.302. The van der Waals surface area contributed by atoms with Crippen molar-refractivity contribution in [3.63, 3.8) is 0 Å². The van der Waals surface area contributed by atoms with E-state index in [9.17, 15) is 4.79 Å². The highest BCUT2D eigenvalue weighted by Crippen LogP contribution is 2.27. The lowest BCUT2D eigenvalue weighted by Crippen LogP contribution is -2.02. The van der Waals surface area contributed by atoms with E-state index >= 15 is 0 Å². The summed E-state index contributed by atoms with van der Waals surface area (Å²) in [6.07, 6.45) is 4.73. The molecule has 0 atom stereocenters. The van der Waals surface area contributed by atoms with Gasteiger partial charge in [-0.3, -0.25) is 0 Å². The van der Waals surface area contributed by atoms with Crippen LogP contribution in [0.4, 0.5) is 0 Å². The van der Waals surface area contributed by atoms with E-state index in [-0.39, 0.29) is 5.97 Å². The molecule has 0 saturated carbocycles. The van der Waals surface area contributed by atoms with Gasteiger partial charge >= 0.3 is 5.97 Å². The Hall–Kier alpha value is -1.88. The number of ether oxygens (including phenoxy) is 2. The third kappa shape index (κ3) is 3.24. The largest absolute Gasteiger partial charge is 0.486 e. The van der Waals surface area contributed by atoms with Gasteiger partial charge < -0.3 is 9.47 Å². The molecule has 0 aliphatic heterocycles. The van der Waals surface area contributed by atoms with Gasteiger partial charge in [-0.15, -0.1) is 11.3 Å². The molecule has 21 heavy (non-hydrogen) atoms. The molecule has 0 saturated heterocycles. The van der Waals surface area contributed by atoms with E-state index in [4.69, 9.17) is 9.47 Å². The number of benzene rings is 1. The summed E-state index contributed by atoms with van der Waals surface area (Å²) in [5, 5.41) is 1.00.